The van der Waals surface area contributed by atoms with Gasteiger partial charge in [0.15, 0.2) is 17.4 Å². The molecule has 0 spiro atoms. The first-order chi connectivity index (χ1) is 15.8. The number of rotatable bonds is 6. The van der Waals surface area contributed by atoms with Gasteiger partial charge in [-0.15, -0.1) is 0 Å². The number of anilines is 1. The summed E-state index contributed by atoms with van der Waals surface area (Å²) < 4.78 is 28.6. The fraction of sp³-hybridized carbons (Fsp3) is 0.167. The SMILES string of the molecule is CN1CCN=C1c1ccc(C(=O)Cc2cc(F)c(F)cc2C(=O)Nc2ccc(Br)cn2)cc1. The number of nitrogens with one attached hydrogen (secondary N) is 1. The number of amides is 1. The number of aromatic nitrogens is 1. The molecule has 2 aromatic carbocycles. The van der Waals surface area contributed by atoms with Gasteiger partial charge in [-0.1, -0.05) is 24.3 Å². The number of hydrogen-bond acceptors (Lipinski definition) is 5. The van der Waals surface area contributed by atoms with Gasteiger partial charge in [0.2, 0.25) is 0 Å². The van der Waals surface area contributed by atoms with Crippen LogP contribution in [0.15, 0.2) is 64.2 Å². The molecule has 33 heavy (non-hydrogen) atoms. The fourth-order valence-electron chi connectivity index (χ4n) is 3.50. The van der Waals surface area contributed by atoms with Crippen LogP contribution in [0.2, 0.25) is 0 Å². The molecule has 0 atom stereocenters. The molecule has 0 bridgehead atoms. The molecule has 0 radical (unpaired) electrons. The van der Waals surface area contributed by atoms with Crippen molar-refractivity contribution in [1.29, 1.82) is 0 Å². The molecular formula is C24H19BrF2N4O2. The zero-order valence-corrected chi connectivity index (χ0v) is 19.2. The van der Waals surface area contributed by atoms with Gasteiger partial charge in [-0.25, -0.2) is 13.8 Å². The maximum absolute atomic E-state index is 14.0. The van der Waals surface area contributed by atoms with Gasteiger partial charge >= 0.3 is 0 Å². The summed E-state index contributed by atoms with van der Waals surface area (Å²) >= 11 is 3.25. The smallest absolute Gasteiger partial charge is 0.257 e. The molecule has 4 rings (SSSR count). The molecule has 168 valence electrons. The van der Waals surface area contributed by atoms with Crippen molar-refractivity contribution in [1.82, 2.24) is 9.88 Å². The average Bonchev–Trinajstić information content (AvgIpc) is 3.23. The Bertz CT molecular complexity index is 1240. The highest BCUT2D eigenvalue weighted by Crippen LogP contribution is 2.20. The molecule has 2 heterocycles. The second-order valence-corrected chi connectivity index (χ2v) is 8.46. The van der Waals surface area contributed by atoms with Gasteiger partial charge in [0, 0.05) is 47.4 Å². The van der Waals surface area contributed by atoms with Gasteiger partial charge < -0.3 is 10.2 Å². The van der Waals surface area contributed by atoms with Crippen LogP contribution in [0, 0.1) is 11.6 Å². The lowest BCUT2D eigenvalue weighted by Crippen LogP contribution is -2.23. The molecule has 0 aliphatic carbocycles. The normalized spacial score (nSPS) is 13.1. The van der Waals surface area contributed by atoms with Crippen molar-refractivity contribution in [3.8, 4) is 0 Å². The van der Waals surface area contributed by atoms with Gasteiger partial charge in [-0.2, -0.15) is 0 Å². The minimum atomic E-state index is -1.18. The maximum atomic E-state index is 14.0. The Labute approximate surface area is 197 Å². The van der Waals surface area contributed by atoms with E-state index in [2.05, 4.69) is 31.2 Å². The number of hydrogen-bond donors (Lipinski definition) is 1. The van der Waals surface area contributed by atoms with Crippen LogP contribution in [-0.2, 0) is 6.42 Å². The first-order valence-electron chi connectivity index (χ1n) is 10.1. The van der Waals surface area contributed by atoms with Crippen LogP contribution >= 0.6 is 15.9 Å². The van der Waals surface area contributed by atoms with E-state index in [4.69, 9.17) is 0 Å². The highest BCUT2D eigenvalue weighted by molar-refractivity contribution is 9.10. The summed E-state index contributed by atoms with van der Waals surface area (Å²) in [5.41, 5.74) is 1.23. The topological polar surface area (TPSA) is 74.7 Å². The number of amidine groups is 1. The van der Waals surface area contributed by atoms with Crippen molar-refractivity contribution in [2.45, 2.75) is 6.42 Å². The second-order valence-electron chi connectivity index (χ2n) is 7.54. The predicted octanol–water partition coefficient (Wildman–Crippen LogP) is 4.49. The third kappa shape index (κ3) is 5.14. The first-order valence-corrected chi connectivity index (χ1v) is 10.9. The van der Waals surface area contributed by atoms with E-state index < -0.39 is 17.5 Å². The van der Waals surface area contributed by atoms with Crippen LogP contribution in [0.1, 0.15) is 31.8 Å². The summed E-state index contributed by atoms with van der Waals surface area (Å²) in [5.74, 6) is -2.23. The Balaban J connectivity index is 1.55. The van der Waals surface area contributed by atoms with E-state index in [0.29, 0.717) is 5.56 Å². The van der Waals surface area contributed by atoms with Crippen molar-refractivity contribution in [2.24, 2.45) is 4.99 Å². The minimum Gasteiger partial charge on any atom is -0.358 e. The van der Waals surface area contributed by atoms with Crippen molar-refractivity contribution >= 4 is 39.3 Å². The Morgan fingerprint density at radius 2 is 1.82 bits per heavy atom. The lowest BCUT2D eigenvalue weighted by molar-refractivity contribution is 0.0992. The Hall–Kier alpha value is -3.46. The number of nitrogens with zero attached hydrogens (tertiary/aromatic N) is 3. The van der Waals surface area contributed by atoms with E-state index >= 15 is 0 Å². The van der Waals surface area contributed by atoms with Crippen molar-refractivity contribution in [3.05, 3.63) is 93.1 Å². The Morgan fingerprint density at radius 3 is 2.45 bits per heavy atom. The lowest BCUT2D eigenvalue weighted by atomic mass is 9.97. The number of carbonyl (C=O) groups is 2. The molecule has 1 aromatic heterocycles. The van der Waals surface area contributed by atoms with E-state index in [-0.39, 0.29) is 29.1 Å². The second kappa shape index (κ2) is 9.58. The first kappa shape index (κ1) is 22.7. The van der Waals surface area contributed by atoms with Gasteiger partial charge in [0.05, 0.1) is 6.54 Å². The zero-order chi connectivity index (χ0) is 23.5. The quantitative estimate of drug-likeness (QED) is 0.493. The summed E-state index contributed by atoms with van der Waals surface area (Å²) in [6.45, 7) is 1.57. The number of likely N-dealkylation sites (N-methyl/N-ethyl adjacent to an activating group) is 1. The van der Waals surface area contributed by atoms with Crippen molar-refractivity contribution in [3.63, 3.8) is 0 Å². The molecule has 1 aliphatic heterocycles. The number of ketones is 1. The highest BCUT2D eigenvalue weighted by Gasteiger charge is 2.20. The van der Waals surface area contributed by atoms with Crippen molar-refractivity contribution in [2.75, 3.05) is 25.5 Å². The predicted molar refractivity (Wildman–Crippen MR) is 125 cm³/mol. The van der Waals surface area contributed by atoms with Crippen LogP contribution in [0.25, 0.3) is 0 Å². The van der Waals surface area contributed by atoms with Crippen LogP contribution in [0.5, 0.6) is 0 Å². The number of carbonyl (C=O) groups excluding carboxylic acids is 2. The largest absolute Gasteiger partial charge is 0.358 e. The standard InChI is InChI=1S/C24H19BrF2N4O2/c1-31-9-8-28-23(31)15-4-2-14(3-5-15)21(32)11-16-10-19(26)20(27)12-18(16)24(33)30-22-7-6-17(25)13-29-22/h2-7,10,12-13H,8-9,11H2,1H3,(H,29,30,33). The third-order valence-electron chi connectivity index (χ3n) is 5.23. The van der Waals surface area contributed by atoms with Gasteiger partial charge in [-0.3, -0.25) is 14.6 Å². The van der Waals surface area contributed by atoms with E-state index in [1.165, 1.54) is 6.20 Å². The van der Waals surface area contributed by atoms with Gasteiger partial charge in [-0.05, 0) is 45.8 Å². The summed E-state index contributed by atoms with van der Waals surface area (Å²) in [4.78, 5) is 36.1. The number of halogens is 3. The molecule has 6 nitrogen and oxygen atoms in total. The van der Waals surface area contributed by atoms with Gasteiger partial charge in [0.1, 0.15) is 11.7 Å². The van der Waals surface area contributed by atoms with E-state index in [0.717, 1.165) is 41.1 Å². The summed E-state index contributed by atoms with van der Waals surface area (Å²) in [6, 6.07) is 11.8. The highest BCUT2D eigenvalue weighted by atomic mass is 79.9. The van der Waals surface area contributed by atoms with Crippen LogP contribution in [0.4, 0.5) is 14.6 Å². The summed E-state index contributed by atoms with van der Waals surface area (Å²) in [7, 11) is 1.95. The number of benzene rings is 2. The average molecular weight is 513 g/mol. The zero-order valence-electron chi connectivity index (χ0n) is 17.6. The molecule has 9 heteroatoms. The molecule has 3 aromatic rings. The monoisotopic (exact) mass is 512 g/mol. The van der Waals surface area contributed by atoms with Crippen molar-refractivity contribution < 1.29 is 18.4 Å². The fourth-order valence-corrected chi connectivity index (χ4v) is 3.74. The van der Waals surface area contributed by atoms with Crippen LogP contribution in [0.3, 0.4) is 0 Å². The Morgan fingerprint density at radius 1 is 1.09 bits per heavy atom. The molecule has 1 aliphatic rings. The number of aliphatic imine (C=N–C) groups is 1. The minimum absolute atomic E-state index is 0.0810. The molecule has 1 N–H and O–H groups in total. The van der Waals surface area contributed by atoms with Gasteiger partial charge in [0.25, 0.3) is 5.91 Å². The number of Topliss-reactive ketones (excluding diaryl/α,β-unsaturated/α-hetero) is 1. The molecule has 0 saturated carbocycles. The molecule has 0 fully saturated rings. The van der Waals surface area contributed by atoms with E-state index in [9.17, 15) is 18.4 Å². The molecule has 0 unspecified atom stereocenters. The molecular weight excluding hydrogens is 494 g/mol. The van der Waals surface area contributed by atoms with Crippen LogP contribution in [-0.4, -0.2) is 47.5 Å². The van der Waals surface area contributed by atoms with Crippen LogP contribution < -0.4 is 5.32 Å². The lowest BCUT2D eigenvalue weighted by Gasteiger charge is -2.14. The summed E-state index contributed by atoms with van der Waals surface area (Å²) in [6.07, 6.45) is 1.22. The third-order valence-corrected chi connectivity index (χ3v) is 5.70. The molecule has 1 amide bonds. The maximum Gasteiger partial charge on any atom is 0.257 e. The number of pyridine rings is 1. The van der Waals surface area contributed by atoms with E-state index in [1.54, 1.807) is 36.4 Å². The summed E-state index contributed by atoms with van der Waals surface area (Å²) in [5, 5.41) is 2.54. The Kier molecular flexibility index (Phi) is 6.60. The van der Waals surface area contributed by atoms with E-state index in [1.807, 2.05) is 11.9 Å². The molecule has 0 saturated heterocycles.